The van der Waals surface area contributed by atoms with Crippen LogP contribution < -0.4 is 9.47 Å². The van der Waals surface area contributed by atoms with Crippen LogP contribution in [0, 0.1) is 11.6 Å². The van der Waals surface area contributed by atoms with Gasteiger partial charge in [-0.2, -0.15) is 0 Å². The molecular weight excluding hydrogens is 432 g/mol. The Hall–Kier alpha value is -3.94. The lowest BCUT2D eigenvalue weighted by Crippen LogP contribution is -2.13. The summed E-state index contributed by atoms with van der Waals surface area (Å²) in [5.74, 6) is -2.18. The van der Waals surface area contributed by atoms with Gasteiger partial charge in [0, 0.05) is 18.1 Å². The minimum absolute atomic E-state index is 0.00404. The molecule has 0 radical (unpaired) electrons. The van der Waals surface area contributed by atoms with E-state index in [1.165, 1.54) is 7.11 Å². The van der Waals surface area contributed by atoms with Crippen LogP contribution in [0.25, 0.3) is 0 Å². The number of halogens is 2. The monoisotopic (exact) mass is 455 g/mol. The summed E-state index contributed by atoms with van der Waals surface area (Å²) in [4.78, 5) is 15.5. The Labute approximate surface area is 190 Å². The van der Waals surface area contributed by atoms with Gasteiger partial charge in [0.1, 0.15) is 37.6 Å². The lowest BCUT2D eigenvalue weighted by atomic mass is 10.1. The number of rotatable bonds is 11. The molecule has 0 aliphatic heterocycles. The molecule has 0 bridgehead atoms. The average molecular weight is 455 g/mol. The zero-order valence-corrected chi connectivity index (χ0v) is 18.0. The summed E-state index contributed by atoms with van der Waals surface area (Å²) in [6.07, 6.45) is -0.379. The SMILES string of the molecule is CO/N=C(\COc1ccc(COc2cc(F)c(CCC(=O)O)cc2F)cc1)c1ccccc1. The van der Waals surface area contributed by atoms with Gasteiger partial charge in [-0.25, -0.2) is 8.78 Å². The number of nitrogens with zero attached hydrogens (tertiary/aromatic N) is 1. The molecule has 3 aromatic rings. The molecule has 8 heteroatoms. The van der Waals surface area contributed by atoms with Crippen LogP contribution in [0.5, 0.6) is 11.5 Å². The third kappa shape index (κ3) is 7.03. The maximum Gasteiger partial charge on any atom is 0.303 e. The van der Waals surface area contributed by atoms with Gasteiger partial charge in [0.05, 0.1) is 0 Å². The highest BCUT2D eigenvalue weighted by Gasteiger charge is 2.13. The molecule has 0 unspecified atom stereocenters. The highest BCUT2D eigenvalue weighted by atomic mass is 19.1. The van der Waals surface area contributed by atoms with Crippen LogP contribution >= 0.6 is 0 Å². The number of carboxylic acid groups (broad SMARTS) is 1. The van der Waals surface area contributed by atoms with E-state index >= 15 is 0 Å². The summed E-state index contributed by atoms with van der Waals surface area (Å²) in [6, 6.07) is 18.4. The quantitative estimate of drug-likeness (QED) is 0.326. The molecule has 0 aliphatic rings. The molecule has 3 aromatic carbocycles. The Kier molecular flexibility index (Phi) is 8.35. The van der Waals surface area contributed by atoms with E-state index in [2.05, 4.69) is 5.16 Å². The number of hydrogen-bond donors (Lipinski definition) is 1. The van der Waals surface area contributed by atoms with Gasteiger partial charge >= 0.3 is 5.97 Å². The first-order chi connectivity index (χ1) is 16.0. The van der Waals surface area contributed by atoms with Crippen LogP contribution in [0.1, 0.15) is 23.1 Å². The fraction of sp³-hybridized carbons (Fsp3) is 0.200. The number of aryl methyl sites for hydroxylation is 1. The van der Waals surface area contributed by atoms with Crippen molar-refractivity contribution >= 4 is 11.7 Å². The summed E-state index contributed by atoms with van der Waals surface area (Å²) in [7, 11) is 1.47. The molecule has 0 fully saturated rings. The summed E-state index contributed by atoms with van der Waals surface area (Å²) in [5.41, 5.74) is 2.24. The number of oxime groups is 1. The third-order valence-corrected chi connectivity index (χ3v) is 4.71. The Morgan fingerprint density at radius 1 is 0.970 bits per heavy atom. The summed E-state index contributed by atoms with van der Waals surface area (Å²) in [5, 5.41) is 12.7. The van der Waals surface area contributed by atoms with Crippen LogP contribution in [-0.2, 0) is 22.7 Å². The van der Waals surface area contributed by atoms with Crippen molar-refractivity contribution in [1.29, 1.82) is 0 Å². The summed E-state index contributed by atoms with van der Waals surface area (Å²) >= 11 is 0. The van der Waals surface area contributed by atoms with Gasteiger partial charge < -0.3 is 19.4 Å². The smallest absolute Gasteiger partial charge is 0.303 e. The molecule has 0 heterocycles. The molecule has 0 atom stereocenters. The lowest BCUT2D eigenvalue weighted by Gasteiger charge is -2.11. The predicted octanol–water partition coefficient (Wildman–Crippen LogP) is 4.99. The molecule has 0 aliphatic carbocycles. The Morgan fingerprint density at radius 3 is 2.36 bits per heavy atom. The van der Waals surface area contributed by atoms with E-state index in [0.29, 0.717) is 11.5 Å². The number of ether oxygens (including phenoxy) is 2. The van der Waals surface area contributed by atoms with E-state index in [9.17, 15) is 13.6 Å². The predicted molar refractivity (Wildman–Crippen MR) is 119 cm³/mol. The van der Waals surface area contributed by atoms with Crippen LogP contribution in [0.2, 0.25) is 0 Å². The molecule has 1 N–H and O–H groups in total. The third-order valence-electron chi connectivity index (χ3n) is 4.71. The molecule has 0 saturated carbocycles. The maximum atomic E-state index is 14.2. The first-order valence-corrected chi connectivity index (χ1v) is 10.2. The average Bonchev–Trinajstić information content (AvgIpc) is 2.82. The summed E-state index contributed by atoms with van der Waals surface area (Å²) < 4.78 is 39.5. The van der Waals surface area contributed by atoms with Crippen molar-refractivity contribution in [2.24, 2.45) is 5.16 Å². The highest BCUT2D eigenvalue weighted by Crippen LogP contribution is 2.24. The number of benzene rings is 3. The number of carboxylic acids is 1. The van der Waals surface area contributed by atoms with Gasteiger partial charge in [0.25, 0.3) is 0 Å². The minimum atomic E-state index is -1.08. The second kappa shape index (κ2) is 11.6. The number of hydrogen-bond acceptors (Lipinski definition) is 5. The van der Waals surface area contributed by atoms with Crippen LogP contribution in [0.3, 0.4) is 0 Å². The van der Waals surface area contributed by atoms with Crippen molar-refractivity contribution in [3.63, 3.8) is 0 Å². The molecular formula is C25H23F2NO5. The van der Waals surface area contributed by atoms with E-state index in [0.717, 1.165) is 23.3 Å². The summed E-state index contributed by atoms with van der Waals surface area (Å²) in [6.45, 7) is 0.220. The fourth-order valence-electron chi connectivity index (χ4n) is 3.01. The number of aliphatic carboxylic acids is 1. The van der Waals surface area contributed by atoms with Crippen LogP contribution in [0.4, 0.5) is 8.78 Å². The van der Waals surface area contributed by atoms with E-state index < -0.39 is 17.6 Å². The largest absolute Gasteiger partial charge is 0.487 e. The Balaban J connectivity index is 1.57. The Morgan fingerprint density at radius 2 is 1.70 bits per heavy atom. The lowest BCUT2D eigenvalue weighted by molar-refractivity contribution is -0.136. The van der Waals surface area contributed by atoms with Gasteiger partial charge in [0.2, 0.25) is 0 Å². The van der Waals surface area contributed by atoms with E-state index in [1.54, 1.807) is 24.3 Å². The normalized spacial score (nSPS) is 11.2. The van der Waals surface area contributed by atoms with Gasteiger partial charge in [-0.05, 0) is 35.7 Å². The topological polar surface area (TPSA) is 77.3 Å². The fourth-order valence-corrected chi connectivity index (χ4v) is 3.01. The molecule has 0 spiro atoms. The molecule has 172 valence electrons. The molecule has 0 amide bonds. The van der Waals surface area contributed by atoms with Crippen molar-refractivity contribution in [3.8, 4) is 11.5 Å². The van der Waals surface area contributed by atoms with E-state index in [-0.39, 0.29) is 37.4 Å². The van der Waals surface area contributed by atoms with Crippen molar-refractivity contribution in [3.05, 3.63) is 95.1 Å². The Bertz CT molecular complexity index is 1100. The maximum absolute atomic E-state index is 14.2. The first kappa shape index (κ1) is 23.7. The number of carbonyl (C=O) groups is 1. The first-order valence-electron chi connectivity index (χ1n) is 10.2. The molecule has 6 nitrogen and oxygen atoms in total. The van der Waals surface area contributed by atoms with Crippen molar-refractivity contribution in [1.82, 2.24) is 0 Å². The van der Waals surface area contributed by atoms with Crippen molar-refractivity contribution in [2.75, 3.05) is 13.7 Å². The van der Waals surface area contributed by atoms with Crippen molar-refractivity contribution < 1.29 is 33.0 Å². The van der Waals surface area contributed by atoms with Crippen molar-refractivity contribution in [2.45, 2.75) is 19.4 Å². The zero-order chi connectivity index (χ0) is 23.6. The van der Waals surface area contributed by atoms with Crippen LogP contribution in [0.15, 0.2) is 71.9 Å². The zero-order valence-electron chi connectivity index (χ0n) is 18.0. The van der Waals surface area contributed by atoms with Gasteiger partial charge in [-0.1, -0.05) is 47.6 Å². The van der Waals surface area contributed by atoms with E-state index in [4.69, 9.17) is 19.4 Å². The van der Waals surface area contributed by atoms with E-state index in [1.807, 2.05) is 30.3 Å². The van der Waals surface area contributed by atoms with Gasteiger partial charge in [-0.15, -0.1) is 0 Å². The molecule has 33 heavy (non-hydrogen) atoms. The highest BCUT2D eigenvalue weighted by molar-refractivity contribution is 6.01. The molecule has 0 saturated heterocycles. The second-order valence-electron chi connectivity index (χ2n) is 7.08. The standard InChI is InChI=1S/C25H23F2NO5/c1-31-28-23(18-5-3-2-4-6-18)16-32-20-10-7-17(8-11-20)15-33-24-14-21(26)19(13-22(24)27)9-12-25(29)30/h2-8,10-11,13-14H,9,12,15-16H2,1H3,(H,29,30)/b28-23+. The van der Waals surface area contributed by atoms with Gasteiger partial charge in [-0.3, -0.25) is 4.79 Å². The molecule has 3 rings (SSSR count). The minimum Gasteiger partial charge on any atom is -0.487 e. The van der Waals surface area contributed by atoms with Crippen LogP contribution in [-0.4, -0.2) is 30.5 Å². The van der Waals surface area contributed by atoms with Gasteiger partial charge in [0.15, 0.2) is 11.6 Å². The molecule has 0 aromatic heterocycles. The second-order valence-corrected chi connectivity index (χ2v) is 7.08.